The summed E-state index contributed by atoms with van der Waals surface area (Å²) in [6, 6.07) is 9.90. The van der Waals surface area contributed by atoms with E-state index in [1.807, 2.05) is 31.2 Å². The second-order valence-corrected chi connectivity index (χ2v) is 8.78. The first-order valence-electron chi connectivity index (χ1n) is 10.8. The normalized spacial score (nSPS) is 14.6. The first kappa shape index (κ1) is 21.7. The number of morpholine rings is 1. The lowest BCUT2D eigenvalue weighted by molar-refractivity contribution is 0.0383. The van der Waals surface area contributed by atoms with Gasteiger partial charge in [0.2, 0.25) is 0 Å². The fraction of sp³-hybridized carbons (Fsp3) is 0.435. The van der Waals surface area contributed by atoms with Crippen molar-refractivity contribution in [2.75, 3.05) is 44.7 Å². The molecule has 1 fully saturated rings. The number of aryl methyl sites for hydroxylation is 2. The Bertz CT molecular complexity index is 1030. The quantitative estimate of drug-likeness (QED) is 0.561. The third kappa shape index (κ3) is 5.58. The number of thiophene rings is 1. The maximum atomic E-state index is 12.4. The highest BCUT2D eigenvalue weighted by Crippen LogP contribution is 2.29. The average Bonchev–Trinajstić information content (AvgIpc) is 3.21. The lowest BCUT2D eigenvalue weighted by Crippen LogP contribution is -2.41. The van der Waals surface area contributed by atoms with Crippen molar-refractivity contribution in [3.8, 4) is 0 Å². The average molecular weight is 440 g/mol. The number of fused-ring (bicyclic) bond motifs is 1. The fourth-order valence-corrected chi connectivity index (χ4v) is 4.61. The van der Waals surface area contributed by atoms with Crippen molar-refractivity contribution in [3.05, 3.63) is 52.2 Å². The van der Waals surface area contributed by atoms with E-state index in [9.17, 15) is 4.79 Å². The standard InChI is InChI=1S/C23H29N5O2S/c1-3-19-14-20-21(26-16(2)27-23(20)31-19)25-15-17-4-6-18(7-5-17)22(29)24-8-9-28-10-12-30-13-11-28/h4-7,14H,3,8-13,15H2,1-2H3,(H,24,29)(H,25,26,27). The molecule has 164 valence electrons. The zero-order chi connectivity index (χ0) is 21.6. The number of carbonyl (C=O) groups excluding carboxylic acids is 1. The van der Waals surface area contributed by atoms with Crippen LogP contribution in [0.25, 0.3) is 10.2 Å². The highest BCUT2D eigenvalue weighted by molar-refractivity contribution is 7.18. The van der Waals surface area contributed by atoms with Gasteiger partial charge in [-0.05, 0) is 37.1 Å². The molecule has 1 amide bonds. The number of nitrogens with zero attached hydrogens (tertiary/aromatic N) is 3. The Kier molecular flexibility index (Phi) is 7.11. The molecule has 31 heavy (non-hydrogen) atoms. The number of carbonyl (C=O) groups is 1. The van der Waals surface area contributed by atoms with E-state index < -0.39 is 0 Å². The van der Waals surface area contributed by atoms with Crippen LogP contribution in [0, 0.1) is 6.92 Å². The molecule has 0 unspecified atom stereocenters. The molecule has 1 saturated heterocycles. The number of hydrogen-bond donors (Lipinski definition) is 2. The van der Waals surface area contributed by atoms with E-state index in [1.54, 1.807) is 11.3 Å². The van der Waals surface area contributed by atoms with Crippen molar-refractivity contribution >= 4 is 33.3 Å². The third-order valence-electron chi connectivity index (χ3n) is 5.40. The van der Waals surface area contributed by atoms with Crippen molar-refractivity contribution in [1.82, 2.24) is 20.2 Å². The molecule has 0 radical (unpaired) electrons. The molecule has 7 nitrogen and oxygen atoms in total. The van der Waals surface area contributed by atoms with Crippen LogP contribution >= 0.6 is 11.3 Å². The van der Waals surface area contributed by atoms with Crippen LogP contribution in [0.5, 0.6) is 0 Å². The fourth-order valence-electron chi connectivity index (χ4n) is 3.60. The summed E-state index contributed by atoms with van der Waals surface area (Å²) in [6.07, 6.45) is 0.996. The molecule has 3 aromatic rings. The van der Waals surface area contributed by atoms with Crippen molar-refractivity contribution in [1.29, 1.82) is 0 Å². The molecular formula is C23H29N5O2S. The van der Waals surface area contributed by atoms with Crippen molar-refractivity contribution in [2.45, 2.75) is 26.8 Å². The first-order valence-corrected chi connectivity index (χ1v) is 11.6. The lowest BCUT2D eigenvalue weighted by Gasteiger charge is -2.26. The van der Waals surface area contributed by atoms with Gasteiger partial charge < -0.3 is 15.4 Å². The van der Waals surface area contributed by atoms with Gasteiger partial charge in [-0.25, -0.2) is 9.97 Å². The van der Waals surface area contributed by atoms with Crippen LogP contribution in [0.15, 0.2) is 30.3 Å². The number of hydrogen-bond acceptors (Lipinski definition) is 7. The molecule has 0 spiro atoms. The van der Waals surface area contributed by atoms with Gasteiger partial charge in [0, 0.05) is 43.2 Å². The van der Waals surface area contributed by atoms with Crippen LogP contribution in [-0.4, -0.2) is 60.2 Å². The number of nitrogens with one attached hydrogen (secondary N) is 2. The maximum absolute atomic E-state index is 12.4. The van der Waals surface area contributed by atoms with Gasteiger partial charge in [-0.15, -0.1) is 11.3 Å². The summed E-state index contributed by atoms with van der Waals surface area (Å²) in [5, 5.41) is 7.52. The molecule has 1 aliphatic rings. The topological polar surface area (TPSA) is 79.4 Å². The minimum absolute atomic E-state index is 0.0359. The summed E-state index contributed by atoms with van der Waals surface area (Å²) in [4.78, 5) is 26.2. The Morgan fingerprint density at radius 1 is 1.19 bits per heavy atom. The number of anilines is 1. The molecule has 0 bridgehead atoms. The minimum Gasteiger partial charge on any atom is -0.379 e. The SMILES string of the molecule is CCc1cc2c(NCc3ccc(C(=O)NCCN4CCOCC4)cc3)nc(C)nc2s1. The van der Waals surface area contributed by atoms with Gasteiger partial charge in [-0.3, -0.25) is 9.69 Å². The summed E-state index contributed by atoms with van der Waals surface area (Å²) in [6.45, 7) is 9.62. The second kappa shape index (κ2) is 10.2. The van der Waals surface area contributed by atoms with Gasteiger partial charge in [0.25, 0.3) is 5.91 Å². The molecule has 2 aromatic heterocycles. The third-order valence-corrected chi connectivity index (χ3v) is 6.57. The van der Waals surface area contributed by atoms with Gasteiger partial charge in [0.15, 0.2) is 0 Å². The summed E-state index contributed by atoms with van der Waals surface area (Å²) < 4.78 is 5.35. The smallest absolute Gasteiger partial charge is 0.251 e. The minimum atomic E-state index is -0.0359. The van der Waals surface area contributed by atoms with Gasteiger partial charge in [0.1, 0.15) is 16.5 Å². The molecule has 3 heterocycles. The second-order valence-electron chi connectivity index (χ2n) is 7.66. The number of ether oxygens (including phenoxy) is 1. The monoisotopic (exact) mass is 439 g/mol. The summed E-state index contributed by atoms with van der Waals surface area (Å²) in [5.74, 6) is 1.60. The van der Waals surface area contributed by atoms with Gasteiger partial charge in [-0.2, -0.15) is 0 Å². The Labute approximate surface area is 186 Å². The Morgan fingerprint density at radius 3 is 2.71 bits per heavy atom. The van der Waals surface area contributed by atoms with Crippen molar-refractivity contribution in [2.24, 2.45) is 0 Å². The van der Waals surface area contributed by atoms with Crippen LogP contribution in [0.2, 0.25) is 0 Å². The van der Waals surface area contributed by atoms with Gasteiger partial charge in [-0.1, -0.05) is 19.1 Å². The van der Waals surface area contributed by atoms with E-state index in [0.717, 1.165) is 66.7 Å². The molecule has 0 atom stereocenters. The Balaban J connectivity index is 1.32. The molecular weight excluding hydrogens is 410 g/mol. The number of aromatic nitrogens is 2. The molecule has 2 N–H and O–H groups in total. The molecule has 1 aliphatic heterocycles. The van der Waals surface area contributed by atoms with Gasteiger partial charge >= 0.3 is 0 Å². The predicted octanol–water partition coefficient (Wildman–Crippen LogP) is 3.24. The molecule has 8 heteroatoms. The molecule has 0 aliphatic carbocycles. The van der Waals surface area contributed by atoms with Crippen LogP contribution < -0.4 is 10.6 Å². The number of rotatable bonds is 8. The Hall–Kier alpha value is -2.55. The number of benzene rings is 1. The largest absolute Gasteiger partial charge is 0.379 e. The molecule has 4 rings (SSSR count). The van der Waals surface area contributed by atoms with E-state index in [2.05, 4.69) is 38.5 Å². The maximum Gasteiger partial charge on any atom is 0.251 e. The van der Waals surface area contributed by atoms with Crippen LogP contribution in [-0.2, 0) is 17.7 Å². The van der Waals surface area contributed by atoms with E-state index in [1.165, 1.54) is 4.88 Å². The zero-order valence-corrected chi connectivity index (χ0v) is 18.9. The molecule has 1 aromatic carbocycles. The molecule has 0 saturated carbocycles. The first-order chi connectivity index (χ1) is 15.1. The lowest BCUT2D eigenvalue weighted by atomic mass is 10.1. The zero-order valence-electron chi connectivity index (χ0n) is 18.1. The summed E-state index contributed by atoms with van der Waals surface area (Å²) in [5.41, 5.74) is 1.77. The van der Waals surface area contributed by atoms with E-state index >= 15 is 0 Å². The van der Waals surface area contributed by atoms with E-state index in [-0.39, 0.29) is 5.91 Å². The predicted molar refractivity (Wildman–Crippen MR) is 125 cm³/mol. The Morgan fingerprint density at radius 2 is 1.97 bits per heavy atom. The van der Waals surface area contributed by atoms with Gasteiger partial charge in [0.05, 0.1) is 18.6 Å². The highest BCUT2D eigenvalue weighted by Gasteiger charge is 2.12. The summed E-state index contributed by atoms with van der Waals surface area (Å²) in [7, 11) is 0. The van der Waals surface area contributed by atoms with Crippen LogP contribution in [0.1, 0.15) is 33.5 Å². The van der Waals surface area contributed by atoms with E-state index in [0.29, 0.717) is 18.7 Å². The van der Waals surface area contributed by atoms with Crippen LogP contribution in [0.3, 0.4) is 0 Å². The van der Waals surface area contributed by atoms with E-state index in [4.69, 9.17) is 4.74 Å². The van der Waals surface area contributed by atoms with Crippen LogP contribution in [0.4, 0.5) is 5.82 Å². The van der Waals surface area contributed by atoms with Crippen molar-refractivity contribution < 1.29 is 9.53 Å². The highest BCUT2D eigenvalue weighted by atomic mass is 32.1. The summed E-state index contributed by atoms with van der Waals surface area (Å²) >= 11 is 1.72. The number of amides is 1. The van der Waals surface area contributed by atoms with Crippen molar-refractivity contribution in [3.63, 3.8) is 0 Å².